The van der Waals surface area contributed by atoms with Crippen molar-refractivity contribution in [2.45, 2.75) is 0 Å². The van der Waals surface area contributed by atoms with Crippen molar-refractivity contribution in [2.75, 3.05) is 0 Å². The van der Waals surface area contributed by atoms with Crippen LogP contribution in [0, 0.1) is 0 Å². The third kappa shape index (κ3) is 1.33. The fourth-order valence-electron chi connectivity index (χ4n) is 0.999. The predicted molar refractivity (Wildman–Crippen MR) is 46.0 cm³/mol. The molecule has 0 aliphatic carbocycles. The minimum Gasteiger partial charge on any atom is -0.412 e. The van der Waals surface area contributed by atoms with E-state index in [1.807, 2.05) is 24.3 Å². The normalized spacial score (nSPS) is 9.33. The number of hydrogen-bond donors (Lipinski definition) is 1. The summed E-state index contributed by atoms with van der Waals surface area (Å²) < 4.78 is 0. The van der Waals surface area contributed by atoms with Gasteiger partial charge in [0.15, 0.2) is 0 Å². The topological polar surface area (TPSA) is 77.2 Å². The molecule has 0 saturated heterocycles. The van der Waals surface area contributed by atoms with Crippen LogP contribution in [0.2, 0.25) is 0 Å². The highest BCUT2D eigenvalue weighted by Crippen LogP contribution is 2.05. The Morgan fingerprint density at radius 2 is 2.00 bits per heavy atom. The summed E-state index contributed by atoms with van der Waals surface area (Å²) in [6.07, 6.45) is 1.56. The molecule has 1 heterocycles. The Hall–Kier alpha value is -1.68. The number of aromatic nitrogens is 2. The van der Waals surface area contributed by atoms with Gasteiger partial charge in [0, 0.05) is 11.6 Å². The standard InChI is InChI=1S/C8H6N2O.H2O/c11-8-9-5-6-3-1-2-4-7(6)10-8;/h1-5H,(H,9,10,11);1H2. The van der Waals surface area contributed by atoms with Gasteiger partial charge in [0.25, 0.3) is 0 Å². The van der Waals surface area contributed by atoms with Gasteiger partial charge in [0.1, 0.15) is 0 Å². The van der Waals surface area contributed by atoms with Crippen LogP contribution < -0.4 is 5.69 Å². The molecule has 4 heteroatoms. The van der Waals surface area contributed by atoms with Crippen molar-refractivity contribution in [1.29, 1.82) is 0 Å². The average molecular weight is 164 g/mol. The number of hydrogen-bond acceptors (Lipinski definition) is 2. The molecule has 0 saturated carbocycles. The number of benzene rings is 1. The molecule has 2 aromatic rings. The van der Waals surface area contributed by atoms with Gasteiger partial charge in [0.2, 0.25) is 0 Å². The van der Waals surface area contributed by atoms with Crippen molar-refractivity contribution in [1.82, 2.24) is 9.97 Å². The van der Waals surface area contributed by atoms with Crippen molar-refractivity contribution < 1.29 is 5.48 Å². The van der Waals surface area contributed by atoms with Crippen LogP contribution in [0.4, 0.5) is 0 Å². The molecule has 0 fully saturated rings. The number of nitrogens with zero attached hydrogens (tertiary/aromatic N) is 1. The molecule has 0 aliphatic heterocycles. The Bertz CT molecular complexity index is 436. The monoisotopic (exact) mass is 164 g/mol. The van der Waals surface area contributed by atoms with Crippen LogP contribution in [0.5, 0.6) is 0 Å². The van der Waals surface area contributed by atoms with E-state index in [9.17, 15) is 4.79 Å². The first kappa shape index (κ1) is 8.42. The maximum absolute atomic E-state index is 10.7. The van der Waals surface area contributed by atoms with Gasteiger partial charge in [-0.25, -0.2) is 9.78 Å². The van der Waals surface area contributed by atoms with Gasteiger partial charge < -0.3 is 10.5 Å². The zero-order valence-corrected chi connectivity index (χ0v) is 6.24. The van der Waals surface area contributed by atoms with Crippen molar-refractivity contribution in [2.24, 2.45) is 0 Å². The zero-order valence-electron chi connectivity index (χ0n) is 6.24. The lowest BCUT2D eigenvalue weighted by Crippen LogP contribution is -2.07. The SMILES string of the molecule is O.O=c1ncc2ccccc2[nH]1. The summed E-state index contributed by atoms with van der Waals surface area (Å²) in [6.45, 7) is 0. The molecule has 1 aromatic heterocycles. The second kappa shape index (κ2) is 3.15. The summed E-state index contributed by atoms with van der Waals surface area (Å²) in [7, 11) is 0. The second-order valence-electron chi connectivity index (χ2n) is 2.28. The summed E-state index contributed by atoms with van der Waals surface area (Å²) >= 11 is 0. The highest BCUT2D eigenvalue weighted by atomic mass is 16.1. The average Bonchev–Trinajstić information content (AvgIpc) is 2.04. The summed E-state index contributed by atoms with van der Waals surface area (Å²) in [6, 6.07) is 7.53. The third-order valence-corrected chi connectivity index (χ3v) is 1.52. The van der Waals surface area contributed by atoms with Crippen LogP contribution >= 0.6 is 0 Å². The Balaban J connectivity index is 0.000000720. The Morgan fingerprint density at radius 1 is 1.25 bits per heavy atom. The summed E-state index contributed by atoms with van der Waals surface area (Å²) in [5.41, 5.74) is 0.524. The molecule has 62 valence electrons. The van der Waals surface area contributed by atoms with Crippen LogP contribution in [0.15, 0.2) is 35.3 Å². The lowest BCUT2D eigenvalue weighted by molar-refractivity contribution is 0.824. The maximum atomic E-state index is 10.7. The fourth-order valence-corrected chi connectivity index (χ4v) is 0.999. The van der Waals surface area contributed by atoms with E-state index in [4.69, 9.17) is 0 Å². The summed E-state index contributed by atoms with van der Waals surface area (Å²) in [5.74, 6) is 0. The molecule has 0 bridgehead atoms. The highest BCUT2D eigenvalue weighted by molar-refractivity contribution is 5.76. The molecule has 0 amide bonds. The molecular formula is C8H8N2O2. The molecule has 4 nitrogen and oxygen atoms in total. The van der Waals surface area contributed by atoms with Crippen LogP contribution in [0.1, 0.15) is 0 Å². The molecule has 0 atom stereocenters. The van der Waals surface area contributed by atoms with E-state index in [1.54, 1.807) is 6.20 Å². The smallest absolute Gasteiger partial charge is 0.345 e. The quantitative estimate of drug-likeness (QED) is 0.599. The fraction of sp³-hybridized carbons (Fsp3) is 0. The number of aromatic amines is 1. The third-order valence-electron chi connectivity index (χ3n) is 1.52. The van der Waals surface area contributed by atoms with E-state index in [2.05, 4.69) is 9.97 Å². The number of fused-ring (bicyclic) bond motifs is 1. The van der Waals surface area contributed by atoms with Crippen LogP contribution in [-0.4, -0.2) is 15.4 Å². The first-order valence-corrected chi connectivity index (χ1v) is 3.30. The van der Waals surface area contributed by atoms with Crippen molar-refractivity contribution in [3.05, 3.63) is 40.9 Å². The molecular weight excluding hydrogens is 156 g/mol. The van der Waals surface area contributed by atoms with Gasteiger partial charge in [0.05, 0.1) is 5.52 Å². The molecule has 12 heavy (non-hydrogen) atoms. The molecule has 0 aliphatic rings. The van der Waals surface area contributed by atoms with Gasteiger partial charge >= 0.3 is 5.69 Å². The van der Waals surface area contributed by atoms with Gasteiger partial charge in [-0.15, -0.1) is 0 Å². The lowest BCUT2D eigenvalue weighted by atomic mass is 10.2. The van der Waals surface area contributed by atoms with Gasteiger partial charge in [-0.3, -0.25) is 0 Å². The van der Waals surface area contributed by atoms with Crippen LogP contribution in [-0.2, 0) is 0 Å². The van der Waals surface area contributed by atoms with E-state index in [0.717, 1.165) is 10.9 Å². The predicted octanol–water partition coefficient (Wildman–Crippen LogP) is 0.0984. The molecule has 0 radical (unpaired) electrons. The van der Waals surface area contributed by atoms with Gasteiger partial charge in [-0.05, 0) is 6.07 Å². The Labute approximate surface area is 68.2 Å². The summed E-state index contributed by atoms with van der Waals surface area (Å²) in [5, 5.41) is 0.951. The number of rotatable bonds is 0. The van der Waals surface area contributed by atoms with Crippen LogP contribution in [0.3, 0.4) is 0 Å². The largest absolute Gasteiger partial charge is 0.412 e. The minimum absolute atomic E-state index is 0. The zero-order chi connectivity index (χ0) is 7.68. The van der Waals surface area contributed by atoms with Gasteiger partial charge in [-0.2, -0.15) is 0 Å². The Morgan fingerprint density at radius 3 is 2.83 bits per heavy atom. The van der Waals surface area contributed by atoms with Crippen molar-refractivity contribution in [3.63, 3.8) is 0 Å². The number of H-pyrrole nitrogens is 1. The van der Waals surface area contributed by atoms with Crippen molar-refractivity contribution >= 4 is 10.9 Å². The minimum atomic E-state index is -0.302. The van der Waals surface area contributed by atoms with E-state index < -0.39 is 0 Å². The second-order valence-corrected chi connectivity index (χ2v) is 2.28. The lowest BCUT2D eigenvalue weighted by Gasteiger charge is -1.92. The van der Waals surface area contributed by atoms with E-state index in [0.29, 0.717) is 0 Å². The van der Waals surface area contributed by atoms with E-state index in [1.165, 1.54) is 0 Å². The first-order valence-electron chi connectivity index (χ1n) is 3.30. The van der Waals surface area contributed by atoms with E-state index in [-0.39, 0.29) is 11.2 Å². The first-order chi connectivity index (χ1) is 5.36. The summed E-state index contributed by atoms with van der Waals surface area (Å²) in [4.78, 5) is 16.9. The van der Waals surface area contributed by atoms with Crippen LogP contribution in [0.25, 0.3) is 10.9 Å². The van der Waals surface area contributed by atoms with Gasteiger partial charge in [-0.1, -0.05) is 18.2 Å². The van der Waals surface area contributed by atoms with Crippen molar-refractivity contribution in [3.8, 4) is 0 Å². The number of nitrogens with one attached hydrogen (secondary N) is 1. The van der Waals surface area contributed by atoms with E-state index >= 15 is 0 Å². The molecule has 3 N–H and O–H groups in total. The Kier molecular flexibility index (Phi) is 2.21. The molecule has 2 rings (SSSR count). The molecule has 0 spiro atoms. The number of para-hydroxylation sites is 1. The highest BCUT2D eigenvalue weighted by Gasteiger charge is 1.90. The maximum Gasteiger partial charge on any atom is 0.345 e. The molecule has 1 aromatic carbocycles. The molecule has 0 unspecified atom stereocenters.